The number of unbranched alkanes of at least 4 members (excludes halogenated alkanes) is 1. The number of rotatable bonds is 8. The number of hydrogen-bond donors (Lipinski definition) is 2. The van der Waals surface area contributed by atoms with E-state index in [1.807, 2.05) is 11.8 Å². The standard InChI is InChI=1S/C10H23NOS/c1-4-5-6-13-8-10(12)7-11-9(2)3/h9-12H,4-8H2,1-3H3. The Kier molecular flexibility index (Phi) is 9.03. The Bertz CT molecular complexity index is 109. The molecule has 0 bridgehead atoms. The molecule has 0 radical (unpaired) electrons. The van der Waals surface area contributed by atoms with Crippen LogP contribution in [0, 0.1) is 0 Å². The summed E-state index contributed by atoms with van der Waals surface area (Å²) in [5.74, 6) is 2.04. The summed E-state index contributed by atoms with van der Waals surface area (Å²) in [6, 6.07) is 0.468. The molecule has 0 spiro atoms. The normalized spacial score (nSPS) is 13.6. The lowest BCUT2D eigenvalue weighted by Gasteiger charge is -2.13. The topological polar surface area (TPSA) is 32.3 Å². The first-order valence-corrected chi connectivity index (χ1v) is 6.31. The molecule has 0 aliphatic rings. The number of aliphatic hydroxyl groups excluding tert-OH is 1. The summed E-state index contributed by atoms with van der Waals surface area (Å²) in [6.45, 7) is 7.10. The summed E-state index contributed by atoms with van der Waals surface area (Å²) in [6.07, 6.45) is 2.31. The fourth-order valence-corrected chi connectivity index (χ4v) is 1.95. The summed E-state index contributed by atoms with van der Waals surface area (Å²) in [5, 5.41) is 12.7. The van der Waals surface area contributed by atoms with Crippen LogP contribution in [0.3, 0.4) is 0 Å². The van der Waals surface area contributed by atoms with E-state index < -0.39 is 0 Å². The number of hydrogen-bond acceptors (Lipinski definition) is 3. The first-order valence-electron chi connectivity index (χ1n) is 5.16. The molecule has 0 amide bonds. The molecule has 0 heterocycles. The van der Waals surface area contributed by atoms with Crippen molar-refractivity contribution in [1.29, 1.82) is 0 Å². The van der Waals surface area contributed by atoms with E-state index in [0.29, 0.717) is 6.04 Å². The molecule has 0 saturated carbocycles. The van der Waals surface area contributed by atoms with E-state index in [9.17, 15) is 5.11 Å². The fourth-order valence-electron chi connectivity index (χ4n) is 0.896. The monoisotopic (exact) mass is 205 g/mol. The summed E-state index contributed by atoms with van der Waals surface area (Å²) in [4.78, 5) is 0. The maximum Gasteiger partial charge on any atom is 0.0754 e. The van der Waals surface area contributed by atoms with Gasteiger partial charge in [0.15, 0.2) is 0 Å². The summed E-state index contributed by atoms with van der Waals surface area (Å²) >= 11 is 1.85. The van der Waals surface area contributed by atoms with Crippen LogP contribution in [0.15, 0.2) is 0 Å². The average molecular weight is 205 g/mol. The van der Waals surface area contributed by atoms with E-state index in [4.69, 9.17) is 0 Å². The van der Waals surface area contributed by atoms with Crippen molar-refractivity contribution in [1.82, 2.24) is 5.32 Å². The van der Waals surface area contributed by atoms with Gasteiger partial charge in [-0.25, -0.2) is 0 Å². The molecule has 0 aliphatic heterocycles. The van der Waals surface area contributed by atoms with Crippen molar-refractivity contribution < 1.29 is 5.11 Å². The van der Waals surface area contributed by atoms with E-state index in [2.05, 4.69) is 26.1 Å². The van der Waals surface area contributed by atoms with E-state index in [1.165, 1.54) is 18.6 Å². The van der Waals surface area contributed by atoms with Gasteiger partial charge in [-0.15, -0.1) is 0 Å². The lowest BCUT2D eigenvalue weighted by atomic mass is 10.3. The van der Waals surface area contributed by atoms with Crippen LogP contribution in [0.4, 0.5) is 0 Å². The minimum atomic E-state index is -0.191. The largest absolute Gasteiger partial charge is 0.391 e. The number of aliphatic hydroxyl groups is 1. The second kappa shape index (κ2) is 8.85. The Labute approximate surface area is 86.5 Å². The van der Waals surface area contributed by atoms with E-state index in [1.54, 1.807) is 0 Å². The molecule has 1 atom stereocenters. The number of thioether (sulfide) groups is 1. The van der Waals surface area contributed by atoms with Crippen LogP contribution in [0.2, 0.25) is 0 Å². The zero-order valence-corrected chi connectivity index (χ0v) is 9.86. The van der Waals surface area contributed by atoms with Crippen molar-refractivity contribution in [2.75, 3.05) is 18.1 Å². The third kappa shape index (κ3) is 10.2. The molecule has 0 aromatic rings. The highest BCUT2D eigenvalue weighted by Crippen LogP contribution is 2.05. The van der Waals surface area contributed by atoms with Gasteiger partial charge in [0.1, 0.15) is 0 Å². The van der Waals surface area contributed by atoms with Gasteiger partial charge in [-0.05, 0) is 12.2 Å². The molecule has 0 saturated heterocycles. The van der Waals surface area contributed by atoms with Gasteiger partial charge in [0, 0.05) is 18.3 Å². The van der Waals surface area contributed by atoms with Crippen molar-refractivity contribution >= 4 is 11.8 Å². The van der Waals surface area contributed by atoms with Crippen molar-refractivity contribution in [2.45, 2.75) is 45.8 Å². The van der Waals surface area contributed by atoms with Crippen LogP contribution in [0.25, 0.3) is 0 Å². The lowest BCUT2D eigenvalue weighted by Crippen LogP contribution is -2.33. The molecule has 0 aromatic heterocycles. The molecule has 2 nitrogen and oxygen atoms in total. The van der Waals surface area contributed by atoms with Crippen LogP contribution in [-0.2, 0) is 0 Å². The maximum absolute atomic E-state index is 9.51. The maximum atomic E-state index is 9.51. The molecule has 2 N–H and O–H groups in total. The van der Waals surface area contributed by atoms with Gasteiger partial charge in [-0.1, -0.05) is 27.2 Å². The average Bonchev–Trinajstić information content (AvgIpc) is 2.09. The quantitative estimate of drug-likeness (QED) is 0.593. The van der Waals surface area contributed by atoms with Crippen LogP contribution in [0.1, 0.15) is 33.6 Å². The van der Waals surface area contributed by atoms with Gasteiger partial charge in [0.05, 0.1) is 6.10 Å². The summed E-state index contributed by atoms with van der Waals surface area (Å²) in [5.41, 5.74) is 0. The van der Waals surface area contributed by atoms with Gasteiger partial charge in [-0.3, -0.25) is 0 Å². The third-order valence-corrected chi connectivity index (χ3v) is 2.91. The van der Waals surface area contributed by atoms with Crippen molar-refractivity contribution in [3.63, 3.8) is 0 Å². The highest BCUT2D eigenvalue weighted by molar-refractivity contribution is 7.99. The van der Waals surface area contributed by atoms with Crippen LogP contribution >= 0.6 is 11.8 Å². The molecule has 0 aliphatic carbocycles. The number of nitrogens with one attached hydrogen (secondary N) is 1. The Hall–Kier alpha value is 0.270. The van der Waals surface area contributed by atoms with Crippen molar-refractivity contribution in [2.24, 2.45) is 0 Å². The van der Waals surface area contributed by atoms with Gasteiger partial charge in [0.25, 0.3) is 0 Å². The lowest BCUT2D eigenvalue weighted by molar-refractivity contribution is 0.192. The highest BCUT2D eigenvalue weighted by Gasteiger charge is 2.03. The predicted molar refractivity (Wildman–Crippen MR) is 61.4 cm³/mol. The minimum absolute atomic E-state index is 0.191. The zero-order valence-electron chi connectivity index (χ0n) is 9.05. The van der Waals surface area contributed by atoms with Crippen molar-refractivity contribution in [3.8, 4) is 0 Å². The molecule has 0 rings (SSSR count). The first-order chi connectivity index (χ1) is 6.16. The zero-order chi connectivity index (χ0) is 10.1. The Balaban J connectivity index is 3.15. The Morgan fingerprint density at radius 3 is 2.62 bits per heavy atom. The second-order valence-electron chi connectivity index (χ2n) is 3.65. The highest BCUT2D eigenvalue weighted by atomic mass is 32.2. The van der Waals surface area contributed by atoms with E-state index >= 15 is 0 Å². The Morgan fingerprint density at radius 1 is 1.38 bits per heavy atom. The Morgan fingerprint density at radius 2 is 2.08 bits per heavy atom. The van der Waals surface area contributed by atoms with Crippen molar-refractivity contribution in [3.05, 3.63) is 0 Å². The molecule has 0 aromatic carbocycles. The van der Waals surface area contributed by atoms with Crippen LogP contribution in [0.5, 0.6) is 0 Å². The summed E-state index contributed by atoms with van der Waals surface area (Å²) in [7, 11) is 0. The SMILES string of the molecule is CCCCSCC(O)CNC(C)C. The molecule has 13 heavy (non-hydrogen) atoms. The molecular formula is C10H23NOS. The molecule has 3 heteroatoms. The van der Waals surface area contributed by atoms with Crippen LogP contribution in [-0.4, -0.2) is 35.3 Å². The van der Waals surface area contributed by atoms with E-state index in [0.717, 1.165) is 12.3 Å². The fraction of sp³-hybridized carbons (Fsp3) is 1.00. The van der Waals surface area contributed by atoms with Gasteiger partial charge >= 0.3 is 0 Å². The minimum Gasteiger partial charge on any atom is -0.391 e. The molecule has 80 valence electrons. The summed E-state index contributed by atoms with van der Waals surface area (Å²) < 4.78 is 0. The van der Waals surface area contributed by atoms with Gasteiger partial charge in [-0.2, -0.15) is 11.8 Å². The smallest absolute Gasteiger partial charge is 0.0754 e. The first kappa shape index (κ1) is 13.3. The second-order valence-corrected chi connectivity index (χ2v) is 4.80. The molecule has 0 fully saturated rings. The van der Waals surface area contributed by atoms with Crippen LogP contribution < -0.4 is 5.32 Å². The molecule has 1 unspecified atom stereocenters. The van der Waals surface area contributed by atoms with E-state index in [-0.39, 0.29) is 6.10 Å². The molecular weight excluding hydrogens is 182 g/mol. The van der Waals surface area contributed by atoms with Gasteiger partial charge < -0.3 is 10.4 Å². The van der Waals surface area contributed by atoms with Gasteiger partial charge in [0.2, 0.25) is 0 Å². The third-order valence-electron chi connectivity index (χ3n) is 1.71. The predicted octanol–water partition coefficient (Wildman–Crippen LogP) is 1.88.